The van der Waals surface area contributed by atoms with Crippen LogP contribution in [-0.4, -0.2) is 31.7 Å². The summed E-state index contributed by atoms with van der Waals surface area (Å²) in [6, 6.07) is 0. The molecule has 0 aromatic heterocycles. The van der Waals surface area contributed by atoms with Crippen molar-refractivity contribution in [3.8, 4) is 0 Å². The smallest absolute Gasteiger partial charge is 0.147 e. The van der Waals surface area contributed by atoms with E-state index in [0.717, 1.165) is 0 Å². The Morgan fingerprint density at radius 1 is 0.944 bits per heavy atom. The highest BCUT2D eigenvalue weighted by atomic mass is 28.3. The number of aliphatic imine (C=N–C) groups is 1. The molecular formula is C14H30N2Si2. The maximum absolute atomic E-state index is 4.86. The van der Waals surface area contributed by atoms with E-state index in [4.69, 9.17) is 4.99 Å². The Hall–Kier alpha value is -0.356. The zero-order chi connectivity index (χ0) is 14.5. The largest absolute Gasteiger partial charge is 0.393 e. The molecule has 0 spiro atoms. The quantitative estimate of drug-likeness (QED) is 0.682. The highest BCUT2D eigenvalue weighted by molar-refractivity contribution is 6.85. The lowest BCUT2D eigenvalue weighted by molar-refractivity contribution is 0.408. The van der Waals surface area contributed by atoms with E-state index in [1.54, 1.807) is 0 Å². The van der Waals surface area contributed by atoms with Crippen molar-refractivity contribution < 1.29 is 0 Å². The molecule has 0 aliphatic carbocycles. The monoisotopic (exact) mass is 282 g/mol. The van der Waals surface area contributed by atoms with Crippen molar-refractivity contribution >= 4 is 22.0 Å². The van der Waals surface area contributed by atoms with Crippen molar-refractivity contribution in [3.63, 3.8) is 0 Å². The van der Waals surface area contributed by atoms with Crippen LogP contribution in [0.1, 0.15) is 27.7 Å². The van der Waals surface area contributed by atoms with Gasteiger partial charge in [0, 0.05) is 11.4 Å². The highest BCUT2D eigenvalue weighted by Gasteiger charge is 2.51. The van der Waals surface area contributed by atoms with Crippen molar-refractivity contribution in [1.82, 2.24) is 4.57 Å². The first-order chi connectivity index (χ1) is 7.83. The summed E-state index contributed by atoms with van der Waals surface area (Å²) in [5.41, 5.74) is 3.91. The Morgan fingerprint density at radius 2 is 1.39 bits per heavy atom. The summed E-state index contributed by atoms with van der Waals surface area (Å²) in [5, 5.41) is 0.154. The van der Waals surface area contributed by atoms with Crippen molar-refractivity contribution in [2.45, 2.75) is 72.1 Å². The van der Waals surface area contributed by atoms with Crippen molar-refractivity contribution in [2.75, 3.05) is 0 Å². The third kappa shape index (κ3) is 2.25. The fraction of sp³-hybridized carbons (Fsp3) is 0.786. The molecule has 0 fully saturated rings. The summed E-state index contributed by atoms with van der Waals surface area (Å²) in [6.07, 6.45) is 0. The van der Waals surface area contributed by atoms with E-state index in [-0.39, 0.29) is 5.16 Å². The summed E-state index contributed by atoms with van der Waals surface area (Å²) in [7, 11) is -2.81. The molecule has 0 bridgehead atoms. The molecule has 0 radical (unpaired) electrons. The second-order valence-electron chi connectivity index (χ2n) is 7.70. The van der Waals surface area contributed by atoms with Crippen LogP contribution in [0.5, 0.6) is 0 Å². The molecule has 104 valence electrons. The van der Waals surface area contributed by atoms with Gasteiger partial charge in [0.15, 0.2) is 0 Å². The minimum absolute atomic E-state index is 0.154. The van der Waals surface area contributed by atoms with Crippen LogP contribution in [0.2, 0.25) is 39.3 Å². The van der Waals surface area contributed by atoms with E-state index in [1.165, 1.54) is 17.1 Å². The lowest BCUT2D eigenvalue weighted by atomic mass is 10.1. The summed E-state index contributed by atoms with van der Waals surface area (Å²) in [4.78, 5) is 4.86. The summed E-state index contributed by atoms with van der Waals surface area (Å²) in [6.45, 7) is 23.8. The second kappa shape index (κ2) is 4.34. The highest BCUT2D eigenvalue weighted by Crippen LogP contribution is 2.40. The van der Waals surface area contributed by atoms with Gasteiger partial charge in [-0.3, -0.25) is 4.99 Å². The lowest BCUT2D eigenvalue weighted by Gasteiger charge is -2.58. The van der Waals surface area contributed by atoms with Gasteiger partial charge in [-0.15, -0.1) is 0 Å². The zero-order valence-electron chi connectivity index (χ0n) is 13.9. The molecule has 0 amide bonds. The molecule has 1 rings (SSSR count). The summed E-state index contributed by atoms with van der Waals surface area (Å²) >= 11 is 0. The molecule has 4 heteroatoms. The predicted molar refractivity (Wildman–Crippen MR) is 88.4 cm³/mol. The molecule has 0 saturated heterocycles. The van der Waals surface area contributed by atoms with E-state index in [0.29, 0.717) is 0 Å². The van der Waals surface area contributed by atoms with Crippen LogP contribution in [0.15, 0.2) is 16.4 Å². The van der Waals surface area contributed by atoms with E-state index >= 15 is 0 Å². The van der Waals surface area contributed by atoms with Gasteiger partial charge in [-0.1, -0.05) is 39.3 Å². The second-order valence-corrected chi connectivity index (χ2v) is 18.0. The Morgan fingerprint density at radius 3 is 1.72 bits per heavy atom. The fourth-order valence-corrected chi connectivity index (χ4v) is 9.82. The first-order valence-electron chi connectivity index (χ1n) is 6.87. The summed E-state index contributed by atoms with van der Waals surface area (Å²) in [5.74, 6) is 0. The molecule has 0 aromatic rings. The van der Waals surface area contributed by atoms with Crippen LogP contribution in [0, 0.1) is 0 Å². The average Bonchev–Trinajstić information content (AvgIpc) is 2.11. The van der Waals surface area contributed by atoms with Gasteiger partial charge in [-0.2, -0.15) is 0 Å². The maximum atomic E-state index is 4.86. The maximum Gasteiger partial charge on any atom is 0.147 e. The minimum Gasteiger partial charge on any atom is -0.393 e. The predicted octanol–water partition coefficient (Wildman–Crippen LogP) is 4.49. The molecule has 1 aliphatic heterocycles. The molecular weight excluding hydrogens is 252 g/mol. The number of allylic oxidation sites excluding steroid dienone is 2. The number of rotatable bonds is 2. The Balaban J connectivity index is 3.55. The van der Waals surface area contributed by atoms with Gasteiger partial charge in [-0.25, -0.2) is 0 Å². The standard InChI is InChI=1S/C14H30N2Si2/c1-11-12(2)16(18(8,9)10)14(4,13(3)15-11)17(5,6)7/h1-10H3. The third-order valence-electron chi connectivity index (χ3n) is 4.48. The van der Waals surface area contributed by atoms with Crippen LogP contribution in [-0.2, 0) is 0 Å². The Bertz CT molecular complexity index is 410. The van der Waals surface area contributed by atoms with Gasteiger partial charge in [0.1, 0.15) is 8.24 Å². The Kier molecular flexibility index (Phi) is 3.78. The van der Waals surface area contributed by atoms with Crippen LogP contribution in [0.4, 0.5) is 0 Å². The lowest BCUT2D eigenvalue weighted by Crippen LogP contribution is -2.71. The number of nitrogens with zero attached hydrogens (tertiary/aromatic N) is 2. The van der Waals surface area contributed by atoms with Gasteiger partial charge < -0.3 is 4.57 Å². The Labute approximate surface area is 115 Å². The van der Waals surface area contributed by atoms with Crippen molar-refractivity contribution in [3.05, 3.63) is 11.4 Å². The molecule has 1 unspecified atom stereocenters. The normalized spacial score (nSPS) is 26.6. The van der Waals surface area contributed by atoms with Crippen LogP contribution in [0.25, 0.3) is 0 Å². The zero-order valence-corrected chi connectivity index (χ0v) is 15.9. The van der Waals surface area contributed by atoms with Gasteiger partial charge in [-0.05, 0) is 27.7 Å². The number of hydrogen-bond donors (Lipinski definition) is 0. The minimum atomic E-state index is -1.42. The molecule has 2 nitrogen and oxygen atoms in total. The first kappa shape index (κ1) is 15.7. The number of hydrogen-bond acceptors (Lipinski definition) is 2. The van der Waals surface area contributed by atoms with Gasteiger partial charge >= 0.3 is 0 Å². The molecule has 0 aromatic carbocycles. The molecule has 1 atom stereocenters. The van der Waals surface area contributed by atoms with Crippen LogP contribution < -0.4 is 0 Å². The van der Waals surface area contributed by atoms with Crippen LogP contribution in [0.3, 0.4) is 0 Å². The van der Waals surface area contributed by atoms with E-state index < -0.39 is 16.3 Å². The van der Waals surface area contributed by atoms with Gasteiger partial charge in [0.05, 0.1) is 18.9 Å². The van der Waals surface area contributed by atoms with Crippen molar-refractivity contribution in [2.24, 2.45) is 4.99 Å². The summed E-state index contributed by atoms with van der Waals surface area (Å²) < 4.78 is 2.75. The van der Waals surface area contributed by atoms with Crippen molar-refractivity contribution in [1.29, 1.82) is 0 Å². The van der Waals surface area contributed by atoms with Gasteiger partial charge in [0.25, 0.3) is 0 Å². The van der Waals surface area contributed by atoms with Gasteiger partial charge in [0.2, 0.25) is 0 Å². The molecule has 1 heterocycles. The average molecular weight is 283 g/mol. The SMILES string of the molecule is CC1=NC(C)=C(C)N([Si](C)(C)C)C1(C)[Si](C)(C)C. The topological polar surface area (TPSA) is 15.6 Å². The first-order valence-corrected chi connectivity index (χ1v) is 13.8. The van der Waals surface area contributed by atoms with E-state index in [1.807, 2.05) is 0 Å². The molecule has 1 aliphatic rings. The fourth-order valence-electron chi connectivity index (χ4n) is 3.15. The third-order valence-corrected chi connectivity index (χ3v) is 10.3. The molecule has 0 saturated carbocycles. The van der Waals surface area contributed by atoms with Crippen LogP contribution >= 0.6 is 0 Å². The molecule has 0 N–H and O–H groups in total. The van der Waals surface area contributed by atoms with E-state index in [2.05, 4.69) is 71.5 Å². The molecule has 18 heavy (non-hydrogen) atoms. The van der Waals surface area contributed by atoms with E-state index in [9.17, 15) is 0 Å².